The van der Waals surface area contributed by atoms with Crippen molar-refractivity contribution in [3.8, 4) is 0 Å². The van der Waals surface area contributed by atoms with Crippen molar-refractivity contribution in [1.82, 2.24) is 5.32 Å². The molecule has 1 rings (SSSR count). The SMILES string of the molecule is CCOC(=O)C1(NCCCN=[N+]=[N-])CCC(OC)CC1. The lowest BCUT2D eigenvalue weighted by molar-refractivity contribution is -0.154. The molecule has 0 radical (unpaired) electrons. The number of carbonyl (C=O) groups is 1. The van der Waals surface area contributed by atoms with Gasteiger partial charge in [0.25, 0.3) is 0 Å². The Balaban J connectivity index is 2.56. The van der Waals surface area contributed by atoms with Gasteiger partial charge in [0.2, 0.25) is 0 Å². The Bertz CT molecular complexity index is 348. The Morgan fingerprint density at radius 2 is 2.20 bits per heavy atom. The zero-order valence-electron chi connectivity index (χ0n) is 12.3. The summed E-state index contributed by atoms with van der Waals surface area (Å²) in [6, 6.07) is 0. The number of ether oxygens (including phenoxy) is 2. The van der Waals surface area contributed by atoms with Crippen molar-refractivity contribution in [1.29, 1.82) is 0 Å². The zero-order valence-corrected chi connectivity index (χ0v) is 12.3. The van der Waals surface area contributed by atoms with Crippen LogP contribution in [-0.4, -0.2) is 44.4 Å². The predicted octanol–water partition coefficient (Wildman–Crippen LogP) is 2.17. The fourth-order valence-corrected chi connectivity index (χ4v) is 2.56. The molecule has 0 unspecified atom stereocenters. The molecule has 0 bridgehead atoms. The van der Waals surface area contributed by atoms with Crippen molar-refractivity contribution in [2.75, 3.05) is 26.8 Å². The number of hydrogen-bond acceptors (Lipinski definition) is 5. The number of methoxy groups -OCH3 is 1. The van der Waals surface area contributed by atoms with Crippen LogP contribution in [-0.2, 0) is 14.3 Å². The van der Waals surface area contributed by atoms with Crippen LogP contribution in [0.5, 0.6) is 0 Å². The Kier molecular flexibility index (Phi) is 7.36. The molecule has 0 aromatic carbocycles. The number of azide groups is 1. The predicted molar refractivity (Wildman–Crippen MR) is 75.3 cm³/mol. The first kappa shape index (κ1) is 16.8. The molecule has 7 heteroatoms. The lowest BCUT2D eigenvalue weighted by Crippen LogP contribution is -2.56. The Morgan fingerprint density at radius 3 is 2.75 bits per heavy atom. The molecule has 0 aliphatic heterocycles. The maximum absolute atomic E-state index is 12.2. The van der Waals surface area contributed by atoms with Crippen LogP contribution in [0.2, 0.25) is 0 Å². The molecule has 0 spiro atoms. The van der Waals surface area contributed by atoms with E-state index in [1.807, 2.05) is 6.92 Å². The lowest BCUT2D eigenvalue weighted by atomic mass is 9.80. The van der Waals surface area contributed by atoms with Gasteiger partial charge in [-0.2, -0.15) is 0 Å². The maximum atomic E-state index is 12.2. The third kappa shape index (κ3) is 4.67. The van der Waals surface area contributed by atoms with Crippen LogP contribution in [0.4, 0.5) is 0 Å². The highest BCUT2D eigenvalue weighted by molar-refractivity contribution is 5.81. The fourth-order valence-electron chi connectivity index (χ4n) is 2.56. The van der Waals surface area contributed by atoms with Crippen molar-refractivity contribution in [2.24, 2.45) is 5.11 Å². The van der Waals surface area contributed by atoms with Gasteiger partial charge in [0.05, 0.1) is 12.7 Å². The molecule has 0 aromatic heterocycles. The molecule has 0 saturated heterocycles. The highest BCUT2D eigenvalue weighted by Crippen LogP contribution is 2.31. The summed E-state index contributed by atoms with van der Waals surface area (Å²) in [6.45, 7) is 3.27. The van der Waals surface area contributed by atoms with Crippen molar-refractivity contribution in [3.05, 3.63) is 10.4 Å². The third-order valence-corrected chi connectivity index (χ3v) is 3.75. The summed E-state index contributed by atoms with van der Waals surface area (Å²) in [5.74, 6) is -0.182. The monoisotopic (exact) mass is 284 g/mol. The molecule has 0 heterocycles. The number of rotatable bonds is 8. The van der Waals surface area contributed by atoms with Crippen LogP contribution < -0.4 is 5.32 Å². The van der Waals surface area contributed by atoms with Crippen molar-refractivity contribution >= 4 is 5.97 Å². The molecule has 1 N–H and O–H groups in total. The van der Waals surface area contributed by atoms with Gasteiger partial charge in [-0.15, -0.1) is 0 Å². The molecule has 0 amide bonds. The number of nitrogens with one attached hydrogen (secondary N) is 1. The number of carbonyl (C=O) groups excluding carboxylic acids is 1. The summed E-state index contributed by atoms with van der Waals surface area (Å²) in [7, 11) is 1.70. The minimum atomic E-state index is -0.610. The molecule has 1 aliphatic rings. The Labute approximate surface area is 119 Å². The Morgan fingerprint density at radius 1 is 1.50 bits per heavy atom. The zero-order chi connectivity index (χ0) is 14.8. The number of hydrogen-bond donors (Lipinski definition) is 1. The van der Waals surface area contributed by atoms with Gasteiger partial charge in [0.1, 0.15) is 5.54 Å². The summed E-state index contributed by atoms with van der Waals surface area (Å²) in [6.07, 6.45) is 4.05. The summed E-state index contributed by atoms with van der Waals surface area (Å²) in [4.78, 5) is 14.9. The van der Waals surface area contributed by atoms with Gasteiger partial charge >= 0.3 is 5.97 Å². The maximum Gasteiger partial charge on any atom is 0.326 e. The number of esters is 1. The van der Waals surface area contributed by atoms with E-state index in [4.69, 9.17) is 15.0 Å². The molecule has 1 aliphatic carbocycles. The van der Waals surface area contributed by atoms with Gasteiger partial charge in [0, 0.05) is 18.6 Å². The molecule has 7 nitrogen and oxygen atoms in total. The average molecular weight is 284 g/mol. The summed E-state index contributed by atoms with van der Waals surface area (Å²) in [5.41, 5.74) is 7.62. The van der Waals surface area contributed by atoms with Crippen LogP contribution in [0.1, 0.15) is 39.0 Å². The second-order valence-corrected chi connectivity index (χ2v) is 4.97. The highest BCUT2D eigenvalue weighted by Gasteiger charge is 2.42. The van der Waals surface area contributed by atoms with E-state index in [2.05, 4.69) is 15.3 Å². The minimum Gasteiger partial charge on any atom is -0.465 e. The lowest BCUT2D eigenvalue weighted by Gasteiger charge is -2.38. The summed E-state index contributed by atoms with van der Waals surface area (Å²) >= 11 is 0. The fraction of sp³-hybridized carbons (Fsp3) is 0.923. The average Bonchev–Trinajstić information content (AvgIpc) is 2.48. The van der Waals surface area contributed by atoms with Crippen LogP contribution in [0, 0.1) is 0 Å². The van der Waals surface area contributed by atoms with Gasteiger partial charge < -0.3 is 14.8 Å². The van der Waals surface area contributed by atoms with E-state index in [-0.39, 0.29) is 12.1 Å². The standard InChI is InChI=1S/C13H24N4O3/c1-3-20-12(18)13(15-9-4-10-16-17-14)7-5-11(19-2)6-8-13/h11,15H,3-10H2,1-2H3. The summed E-state index contributed by atoms with van der Waals surface area (Å²) in [5, 5.41) is 6.80. The van der Waals surface area contributed by atoms with E-state index in [1.165, 1.54) is 0 Å². The molecule has 1 saturated carbocycles. The highest BCUT2D eigenvalue weighted by atomic mass is 16.5. The van der Waals surface area contributed by atoms with Crippen LogP contribution in [0.15, 0.2) is 5.11 Å². The van der Waals surface area contributed by atoms with Crippen LogP contribution >= 0.6 is 0 Å². The molecular formula is C13H24N4O3. The van der Waals surface area contributed by atoms with E-state index in [0.717, 1.165) is 12.8 Å². The first-order valence-electron chi connectivity index (χ1n) is 7.14. The molecule has 0 atom stereocenters. The summed E-state index contributed by atoms with van der Waals surface area (Å²) < 4.78 is 10.6. The first-order valence-corrected chi connectivity index (χ1v) is 7.14. The molecule has 114 valence electrons. The molecule has 1 fully saturated rings. The normalized spacial score (nSPS) is 25.8. The van der Waals surface area contributed by atoms with Crippen molar-refractivity contribution in [3.63, 3.8) is 0 Å². The van der Waals surface area contributed by atoms with Gasteiger partial charge in [-0.3, -0.25) is 4.79 Å². The third-order valence-electron chi connectivity index (χ3n) is 3.75. The van der Waals surface area contributed by atoms with E-state index in [9.17, 15) is 4.79 Å². The van der Waals surface area contributed by atoms with Gasteiger partial charge in [0.15, 0.2) is 0 Å². The van der Waals surface area contributed by atoms with E-state index in [0.29, 0.717) is 39.0 Å². The van der Waals surface area contributed by atoms with Crippen LogP contribution in [0.25, 0.3) is 10.4 Å². The Hall–Kier alpha value is -1.30. The quantitative estimate of drug-likeness (QED) is 0.243. The van der Waals surface area contributed by atoms with E-state index >= 15 is 0 Å². The van der Waals surface area contributed by atoms with Gasteiger partial charge in [-0.05, 0) is 51.1 Å². The molecular weight excluding hydrogens is 260 g/mol. The van der Waals surface area contributed by atoms with Crippen molar-refractivity contribution in [2.45, 2.75) is 50.7 Å². The second kappa shape index (κ2) is 8.79. The number of nitrogens with zero attached hydrogens (tertiary/aromatic N) is 3. The van der Waals surface area contributed by atoms with Gasteiger partial charge in [-0.25, -0.2) is 0 Å². The van der Waals surface area contributed by atoms with Gasteiger partial charge in [-0.1, -0.05) is 5.11 Å². The second-order valence-electron chi connectivity index (χ2n) is 4.97. The van der Waals surface area contributed by atoms with E-state index < -0.39 is 5.54 Å². The first-order chi connectivity index (χ1) is 9.68. The smallest absolute Gasteiger partial charge is 0.326 e. The largest absolute Gasteiger partial charge is 0.465 e. The van der Waals surface area contributed by atoms with Crippen molar-refractivity contribution < 1.29 is 14.3 Å². The van der Waals surface area contributed by atoms with Crippen LogP contribution in [0.3, 0.4) is 0 Å². The van der Waals surface area contributed by atoms with E-state index in [1.54, 1.807) is 7.11 Å². The topological polar surface area (TPSA) is 96.3 Å². The molecule has 20 heavy (non-hydrogen) atoms. The minimum absolute atomic E-state index is 0.182. The molecule has 0 aromatic rings.